The SMILES string of the molecule is O=C(CCC(=O)c1ccccc1O)NCCSCSCCNC(=O)CCC(=O)c1ccccc1O. The second-order valence-corrected chi connectivity index (χ2v) is 10.1. The minimum atomic E-state index is -0.266. The maximum absolute atomic E-state index is 12.1. The number of phenolic OH excluding ortho intramolecular Hbond substituents is 2. The summed E-state index contributed by atoms with van der Waals surface area (Å²) in [5, 5.41) is 25.7. The van der Waals surface area contributed by atoms with Gasteiger partial charge >= 0.3 is 0 Å². The van der Waals surface area contributed by atoms with E-state index >= 15 is 0 Å². The zero-order valence-electron chi connectivity index (χ0n) is 19.3. The van der Waals surface area contributed by atoms with E-state index in [1.165, 1.54) is 24.3 Å². The molecule has 0 spiro atoms. The normalized spacial score (nSPS) is 10.5. The highest BCUT2D eigenvalue weighted by Gasteiger charge is 2.13. The molecule has 2 aromatic rings. The van der Waals surface area contributed by atoms with Gasteiger partial charge in [-0.2, -0.15) is 0 Å². The highest BCUT2D eigenvalue weighted by atomic mass is 32.2. The van der Waals surface area contributed by atoms with E-state index in [-0.39, 0.29) is 71.7 Å². The van der Waals surface area contributed by atoms with Gasteiger partial charge in [0.25, 0.3) is 0 Å². The first-order valence-corrected chi connectivity index (χ1v) is 13.5. The van der Waals surface area contributed by atoms with Crippen molar-refractivity contribution in [1.82, 2.24) is 10.6 Å². The molecule has 8 nitrogen and oxygen atoms in total. The molecule has 4 N–H and O–H groups in total. The van der Waals surface area contributed by atoms with Crippen molar-refractivity contribution in [2.24, 2.45) is 0 Å². The molecule has 2 amide bonds. The number of aromatic hydroxyl groups is 2. The third-order valence-corrected chi connectivity index (χ3v) is 7.19. The van der Waals surface area contributed by atoms with Crippen molar-refractivity contribution in [3.05, 3.63) is 59.7 Å². The van der Waals surface area contributed by atoms with E-state index in [0.717, 1.165) is 16.6 Å². The van der Waals surface area contributed by atoms with Gasteiger partial charge < -0.3 is 20.8 Å². The van der Waals surface area contributed by atoms with Crippen LogP contribution in [0.4, 0.5) is 0 Å². The van der Waals surface area contributed by atoms with Gasteiger partial charge in [0, 0.05) is 55.4 Å². The maximum atomic E-state index is 12.1. The molecule has 0 saturated heterocycles. The Bertz CT molecular complexity index is 935. The first-order chi connectivity index (χ1) is 16.9. The molecule has 0 aromatic heterocycles. The Labute approximate surface area is 213 Å². The smallest absolute Gasteiger partial charge is 0.220 e. The Kier molecular flexibility index (Phi) is 12.8. The molecule has 10 heteroatoms. The number of nitrogens with one attached hydrogen (secondary N) is 2. The molecule has 0 heterocycles. The van der Waals surface area contributed by atoms with Gasteiger partial charge in [-0.3, -0.25) is 19.2 Å². The lowest BCUT2D eigenvalue weighted by molar-refractivity contribution is -0.121. The zero-order valence-corrected chi connectivity index (χ0v) is 21.0. The molecule has 188 valence electrons. The Hall–Kier alpha value is -2.98. The molecule has 0 atom stereocenters. The highest BCUT2D eigenvalue weighted by Crippen LogP contribution is 2.19. The third kappa shape index (κ3) is 10.9. The summed E-state index contributed by atoms with van der Waals surface area (Å²) in [5.41, 5.74) is 0.454. The first-order valence-electron chi connectivity index (χ1n) is 11.2. The average Bonchev–Trinajstić information content (AvgIpc) is 2.85. The molecule has 0 saturated carbocycles. The van der Waals surface area contributed by atoms with Crippen LogP contribution in [0.5, 0.6) is 11.5 Å². The number of hydrogen-bond donors (Lipinski definition) is 4. The summed E-state index contributed by atoms with van der Waals surface area (Å²) >= 11 is 3.32. The largest absolute Gasteiger partial charge is 0.507 e. The van der Waals surface area contributed by atoms with E-state index in [4.69, 9.17) is 0 Å². The van der Waals surface area contributed by atoms with Crippen LogP contribution in [0, 0.1) is 0 Å². The fourth-order valence-corrected chi connectivity index (χ4v) is 4.93. The first kappa shape index (κ1) is 28.3. The van der Waals surface area contributed by atoms with Crippen LogP contribution >= 0.6 is 23.5 Å². The second kappa shape index (κ2) is 15.8. The lowest BCUT2D eigenvalue weighted by Crippen LogP contribution is -2.26. The summed E-state index contributed by atoms with van der Waals surface area (Å²) in [6, 6.07) is 12.6. The number of Topliss-reactive ketones (excluding diaryl/α,β-unsaturated/α-hetero) is 2. The number of thioether (sulfide) groups is 2. The van der Waals surface area contributed by atoms with Gasteiger partial charge in [-0.05, 0) is 24.3 Å². The number of rotatable bonds is 16. The molecule has 0 bridgehead atoms. The van der Waals surface area contributed by atoms with Gasteiger partial charge in [0.05, 0.1) is 11.1 Å². The van der Waals surface area contributed by atoms with E-state index in [9.17, 15) is 29.4 Å². The number of phenols is 2. The summed E-state index contributed by atoms with van der Waals surface area (Å²) < 4.78 is 0. The number of carbonyl (C=O) groups is 4. The average molecular weight is 519 g/mol. The summed E-state index contributed by atoms with van der Waals surface area (Å²) in [4.78, 5) is 47.9. The van der Waals surface area contributed by atoms with Crippen molar-refractivity contribution >= 4 is 46.9 Å². The molecule has 35 heavy (non-hydrogen) atoms. The maximum Gasteiger partial charge on any atom is 0.220 e. The summed E-state index contributed by atoms with van der Waals surface area (Å²) in [5.74, 6) is 0.365. The Morgan fingerprint density at radius 3 is 1.43 bits per heavy atom. The van der Waals surface area contributed by atoms with Gasteiger partial charge in [-0.1, -0.05) is 24.3 Å². The highest BCUT2D eigenvalue weighted by molar-refractivity contribution is 8.15. The minimum absolute atomic E-state index is 0.0427. The van der Waals surface area contributed by atoms with E-state index in [2.05, 4.69) is 10.6 Å². The minimum Gasteiger partial charge on any atom is -0.507 e. The van der Waals surface area contributed by atoms with Crippen LogP contribution in [0.25, 0.3) is 0 Å². The van der Waals surface area contributed by atoms with E-state index < -0.39 is 0 Å². The van der Waals surface area contributed by atoms with Crippen LogP contribution in [-0.2, 0) is 9.59 Å². The lowest BCUT2D eigenvalue weighted by Gasteiger charge is -2.07. The van der Waals surface area contributed by atoms with Gasteiger partial charge in [0.15, 0.2) is 11.6 Å². The Morgan fingerprint density at radius 1 is 0.629 bits per heavy atom. The molecule has 2 aromatic carbocycles. The van der Waals surface area contributed by atoms with Gasteiger partial charge in [0.2, 0.25) is 11.8 Å². The quantitative estimate of drug-likeness (QED) is 0.151. The Balaban J connectivity index is 1.43. The van der Waals surface area contributed by atoms with Crippen LogP contribution in [-0.4, -0.2) is 63.3 Å². The molecular formula is C25H30N2O6S2. The monoisotopic (exact) mass is 518 g/mol. The molecule has 0 radical (unpaired) electrons. The lowest BCUT2D eigenvalue weighted by atomic mass is 10.1. The van der Waals surface area contributed by atoms with Crippen molar-refractivity contribution < 1.29 is 29.4 Å². The summed E-state index contributed by atoms with van der Waals surface area (Å²) in [7, 11) is 0. The van der Waals surface area contributed by atoms with Gasteiger partial charge in [-0.15, -0.1) is 23.5 Å². The van der Waals surface area contributed by atoms with Crippen molar-refractivity contribution in [3.63, 3.8) is 0 Å². The fraction of sp³-hybridized carbons (Fsp3) is 0.360. The summed E-state index contributed by atoms with van der Waals surface area (Å²) in [6.07, 6.45) is 0.233. The van der Waals surface area contributed by atoms with Crippen molar-refractivity contribution in [2.45, 2.75) is 25.7 Å². The molecule has 0 aliphatic heterocycles. The molecule has 0 aliphatic carbocycles. The third-order valence-electron chi connectivity index (χ3n) is 4.87. The summed E-state index contributed by atoms with van der Waals surface area (Å²) in [6.45, 7) is 0.993. The standard InChI is InChI=1S/C25H30N2O6S2/c28-20-7-3-1-5-18(20)22(30)9-11-24(32)26-13-15-34-17-35-16-14-27-25(33)12-10-23(31)19-6-2-4-8-21(19)29/h1-8,28-29H,9-17H2,(H,26,32)(H,27,33). The van der Waals surface area contributed by atoms with Gasteiger partial charge in [0.1, 0.15) is 11.5 Å². The van der Waals surface area contributed by atoms with Crippen LogP contribution < -0.4 is 10.6 Å². The fourth-order valence-electron chi connectivity index (χ4n) is 3.02. The van der Waals surface area contributed by atoms with E-state index in [0.29, 0.717) is 13.1 Å². The van der Waals surface area contributed by atoms with Crippen LogP contribution in [0.2, 0.25) is 0 Å². The number of para-hydroxylation sites is 2. The topological polar surface area (TPSA) is 133 Å². The number of carbonyl (C=O) groups excluding carboxylic acids is 4. The van der Waals surface area contributed by atoms with E-state index in [1.54, 1.807) is 47.8 Å². The van der Waals surface area contributed by atoms with Crippen molar-refractivity contribution in [1.29, 1.82) is 0 Å². The second-order valence-electron chi connectivity index (χ2n) is 7.51. The van der Waals surface area contributed by atoms with Crippen molar-refractivity contribution in [3.8, 4) is 11.5 Å². The Morgan fingerprint density at radius 2 is 1.03 bits per heavy atom. The molecule has 0 aliphatic rings. The number of benzene rings is 2. The number of amides is 2. The van der Waals surface area contributed by atoms with Crippen molar-refractivity contribution in [2.75, 3.05) is 29.7 Å². The predicted octanol–water partition coefficient (Wildman–Crippen LogP) is 3.38. The molecular weight excluding hydrogens is 488 g/mol. The molecule has 0 fully saturated rings. The number of ketones is 2. The molecule has 0 unspecified atom stereocenters. The zero-order chi connectivity index (χ0) is 25.5. The predicted molar refractivity (Wildman–Crippen MR) is 139 cm³/mol. The van der Waals surface area contributed by atoms with Gasteiger partial charge in [-0.25, -0.2) is 0 Å². The van der Waals surface area contributed by atoms with Crippen LogP contribution in [0.1, 0.15) is 46.4 Å². The van der Waals surface area contributed by atoms with Crippen LogP contribution in [0.15, 0.2) is 48.5 Å². The van der Waals surface area contributed by atoms with Crippen LogP contribution in [0.3, 0.4) is 0 Å². The van der Waals surface area contributed by atoms with E-state index in [1.807, 2.05) is 0 Å². The molecule has 2 rings (SSSR count). The number of hydrogen-bond acceptors (Lipinski definition) is 8.